The SMILES string of the molecule is COCC#C[C@]1(OC)/C=C/C[C@H](C)[C@@H](C)S(=O)(=O)NC(=O)c2ccc3c(c2)N(C[C@@H]2CC[C@H]21)C[C@@]1(CCCc2cc(Cl)ccc21)CO3. The van der Waals surface area contributed by atoms with E-state index in [9.17, 15) is 13.2 Å². The van der Waals surface area contributed by atoms with Gasteiger partial charge in [0.05, 0.1) is 17.5 Å². The van der Waals surface area contributed by atoms with Crippen molar-refractivity contribution in [2.24, 2.45) is 17.8 Å². The maximum atomic E-state index is 13.5. The van der Waals surface area contributed by atoms with Gasteiger partial charge in [-0.05, 0) is 105 Å². The number of carbonyl (C=O) groups is 1. The van der Waals surface area contributed by atoms with Gasteiger partial charge < -0.3 is 19.1 Å². The molecule has 10 heteroatoms. The van der Waals surface area contributed by atoms with Crippen LogP contribution in [0.15, 0.2) is 48.6 Å². The molecule has 47 heavy (non-hydrogen) atoms. The molecule has 1 fully saturated rings. The Labute approximate surface area is 284 Å². The lowest BCUT2D eigenvalue weighted by Gasteiger charge is -2.48. The first kappa shape index (κ1) is 33.9. The zero-order valence-corrected chi connectivity index (χ0v) is 29.3. The zero-order valence-electron chi connectivity index (χ0n) is 27.7. The maximum absolute atomic E-state index is 13.5. The third-order valence-corrected chi connectivity index (χ3v) is 13.1. The van der Waals surface area contributed by atoms with E-state index in [0.717, 1.165) is 42.8 Å². The number of sulfonamides is 1. The molecule has 2 bridgehead atoms. The second-order valence-corrected chi connectivity index (χ2v) is 16.2. The summed E-state index contributed by atoms with van der Waals surface area (Å²) in [5.41, 5.74) is 2.43. The molecule has 0 saturated heterocycles. The number of hydrogen-bond acceptors (Lipinski definition) is 7. The first-order chi connectivity index (χ1) is 22.5. The van der Waals surface area contributed by atoms with E-state index in [1.54, 1.807) is 39.3 Å². The standard InChI is InChI=1S/C37H45ClN2O6S/c1-25-8-5-17-37(45-4,18-7-19-44-3)32-13-10-29(32)22-40-23-36(16-6-9-27-20-30(38)12-14-31(27)36)24-46-34-15-11-28(21-33(34)40)35(41)39-47(42,43)26(25)2/h5,11-12,14-15,17,20-21,25-26,29,32H,6,8-10,13,16,19,22-24H2,1-4H3,(H,39,41)/b17-5+/t25-,26+,29-,32+,36-,37+/m0/s1. The number of anilines is 1. The summed E-state index contributed by atoms with van der Waals surface area (Å²) in [4.78, 5) is 15.9. The molecule has 1 N–H and O–H groups in total. The number of benzene rings is 2. The second kappa shape index (κ2) is 13.5. The minimum absolute atomic E-state index is 0.102. The lowest BCUT2D eigenvalue weighted by molar-refractivity contribution is -0.0352. The van der Waals surface area contributed by atoms with Crippen LogP contribution in [0.25, 0.3) is 0 Å². The summed E-state index contributed by atoms with van der Waals surface area (Å²) < 4.78 is 47.3. The number of halogens is 1. The van der Waals surface area contributed by atoms with Gasteiger partial charge >= 0.3 is 0 Å². The van der Waals surface area contributed by atoms with Crippen LogP contribution in [0.5, 0.6) is 5.75 Å². The monoisotopic (exact) mass is 680 g/mol. The van der Waals surface area contributed by atoms with E-state index in [-0.39, 0.29) is 35.3 Å². The molecule has 2 aromatic carbocycles. The van der Waals surface area contributed by atoms with E-state index in [2.05, 4.69) is 33.6 Å². The fourth-order valence-electron chi connectivity index (χ4n) is 7.90. The number of carbonyl (C=O) groups excluding carboxylic acids is 1. The van der Waals surface area contributed by atoms with Gasteiger partial charge in [0.15, 0.2) is 0 Å². The molecule has 6 atom stereocenters. The number of methoxy groups -OCH3 is 2. The first-order valence-electron chi connectivity index (χ1n) is 16.6. The van der Waals surface area contributed by atoms with Gasteiger partial charge in [-0.2, -0.15) is 0 Å². The smallest absolute Gasteiger partial charge is 0.264 e. The van der Waals surface area contributed by atoms with Crippen molar-refractivity contribution < 1.29 is 27.4 Å². The summed E-state index contributed by atoms with van der Waals surface area (Å²) >= 11 is 6.44. The van der Waals surface area contributed by atoms with Gasteiger partial charge in [0.1, 0.15) is 18.0 Å². The molecule has 6 rings (SSSR count). The Morgan fingerprint density at radius 2 is 1.98 bits per heavy atom. The number of ether oxygens (including phenoxy) is 3. The third kappa shape index (κ3) is 6.55. The quantitative estimate of drug-likeness (QED) is 0.311. The molecule has 0 aromatic heterocycles. The zero-order chi connectivity index (χ0) is 33.4. The summed E-state index contributed by atoms with van der Waals surface area (Å²) in [5.74, 6) is 6.69. The van der Waals surface area contributed by atoms with E-state index >= 15 is 0 Å². The number of nitrogens with zero attached hydrogens (tertiary/aromatic N) is 1. The van der Waals surface area contributed by atoms with Crippen LogP contribution in [0.1, 0.15) is 67.4 Å². The highest BCUT2D eigenvalue weighted by molar-refractivity contribution is 7.90. The fourth-order valence-corrected chi connectivity index (χ4v) is 9.38. The minimum Gasteiger partial charge on any atom is -0.490 e. The normalized spacial score (nSPS) is 32.3. The predicted molar refractivity (Wildman–Crippen MR) is 185 cm³/mol. The molecule has 4 aliphatic rings. The number of aryl methyl sites for hydroxylation is 1. The summed E-state index contributed by atoms with van der Waals surface area (Å²) in [6, 6.07) is 11.4. The van der Waals surface area contributed by atoms with Crippen LogP contribution in [-0.2, 0) is 31.3 Å². The van der Waals surface area contributed by atoms with Crippen LogP contribution in [0.3, 0.4) is 0 Å². The molecule has 0 radical (unpaired) electrons. The highest BCUT2D eigenvalue weighted by Gasteiger charge is 2.48. The largest absolute Gasteiger partial charge is 0.490 e. The number of fused-ring (bicyclic) bond motifs is 4. The average Bonchev–Trinajstić information content (AvgIpc) is 3.18. The number of hydrogen-bond donors (Lipinski definition) is 1. The molecule has 0 unspecified atom stereocenters. The van der Waals surface area contributed by atoms with Crippen molar-refractivity contribution in [2.75, 3.05) is 45.4 Å². The molecule has 2 aliphatic heterocycles. The Kier molecular flexibility index (Phi) is 9.70. The summed E-state index contributed by atoms with van der Waals surface area (Å²) in [6.07, 6.45) is 9.38. The molecule has 8 nitrogen and oxygen atoms in total. The number of nitrogens with one attached hydrogen (secondary N) is 1. The Hall–Kier alpha value is -3.03. The Balaban J connectivity index is 1.47. The van der Waals surface area contributed by atoms with Crippen molar-refractivity contribution in [3.05, 3.63) is 70.3 Å². The van der Waals surface area contributed by atoms with E-state index in [0.29, 0.717) is 31.9 Å². The number of rotatable bonds is 2. The Bertz CT molecular complexity index is 1720. The van der Waals surface area contributed by atoms with Crippen LogP contribution in [0.2, 0.25) is 5.02 Å². The van der Waals surface area contributed by atoms with Crippen LogP contribution < -0.4 is 14.4 Å². The lowest BCUT2D eigenvalue weighted by Crippen LogP contribution is -2.52. The highest BCUT2D eigenvalue weighted by Crippen LogP contribution is 2.49. The molecule has 1 amide bonds. The van der Waals surface area contributed by atoms with Gasteiger partial charge in [-0.25, -0.2) is 13.1 Å². The molecule has 2 aliphatic carbocycles. The Morgan fingerprint density at radius 3 is 2.72 bits per heavy atom. The third-order valence-electron chi connectivity index (χ3n) is 11.0. The van der Waals surface area contributed by atoms with Crippen molar-refractivity contribution in [3.8, 4) is 17.6 Å². The molecule has 252 valence electrons. The van der Waals surface area contributed by atoms with Crippen molar-refractivity contribution in [1.82, 2.24) is 4.72 Å². The highest BCUT2D eigenvalue weighted by atomic mass is 35.5. The Morgan fingerprint density at radius 1 is 1.15 bits per heavy atom. The molecule has 1 saturated carbocycles. The summed E-state index contributed by atoms with van der Waals surface area (Å²) in [5, 5.41) is -0.0776. The van der Waals surface area contributed by atoms with Gasteiger partial charge in [-0.3, -0.25) is 4.79 Å². The van der Waals surface area contributed by atoms with E-state index in [1.807, 2.05) is 25.1 Å². The number of amides is 1. The van der Waals surface area contributed by atoms with Gasteiger partial charge in [-0.15, -0.1) is 0 Å². The van der Waals surface area contributed by atoms with Crippen LogP contribution in [0, 0.1) is 29.6 Å². The summed E-state index contributed by atoms with van der Waals surface area (Å²) in [6.45, 7) is 5.68. The van der Waals surface area contributed by atoms with Crippen LogP contribution >= 0.6 is 11.6 Å². The van der Waals surface area contributed by atoms with Gasteiger partial charge in [0.25, 0.3) is 5.91 Å². The van der Waals surface area contributed by atoms with Crippen molar-refractivity contribution in [1.29, 1.82) is 0 Å². The maximum Gasteiger partial charge on any atom is 0.264 e. The first-order valence-corrected chi connectivity index (χ1v) is 18.5. The number of allylic oxidation sites excluding steroid dienone is 1. The molecule has 2 heterocycles. The molecule has 2 aromatic rings. The topological polar surface area (TPSA) is 94.2 Å². The molecule has 1 spiro atoms. The van der Waals surface area contributed by atoms with Crippen molar-refractivity contribution >= 4 is 33.2 Å². The van der Waals surface area contributed by atoms with Crippen molar-refractivity contribution in [3.63, 3.8) is 0 Å². The van der Waals surface area contributed by atoms with Crippen LogP contribution in [-0.4, -0.2) is 65.7 Å². The van der Waals surface area contributed by atoms with Crippen molar-refractivity contribution in [2.45, 2.75) is 68.6 Å². The predicted octanol–water partition coefficient (Wildman–Crippen LogP) is 5.92. The summed E-state index contributed by atoms with van der Waals surface area (Å²) in [7, 11) is -0.639. The lowest BCUT2D eigenvalue weighted by atomic mass is 9.64. The average molecular weight is 681 g/mol. The van der Waals surface area contributed by atoms with E-state index in [4.69, 9.17) is 25.8 Å². The molecular weight excluding hydrogens is 636 g/mol. The second-order valence-electron chi connectivity index (χ2n) is 13.8. The van der Waals surface area contributed by atoms with E-state index in [1.165, 1.54) is 11.1 Å². The van der Waals surface area contributed by atoms with Gasteiger partial charge in [0, 0.05) is 49.2 Å². The van der Waals surface area contributed by atoms with E-state index < -0.39 is 26.8 Å². The van der Waals surface area contributed by atoms with Crippen LogP contribution in [0.4, 0.5) is 5.69 Å². The fraction of sp³-hybridized carbons (Fsp3) is 0.541. The van der Waals surface area contributed by atoms with Gasteiger partial charge in [-0.1, -0.05) is 42.5 Å². The molecular formula is C37H45ClN2O6S. The minimum atomic E-state index is -3.96. The van der Waals surface area contributed by atoms with Gasteiger partial charge in [0.2, 0.25) is 10.0 Å².